The summed E-state index contributed by atoms with van der Waals surface area (Å²) in [6.07, 6.45) is 13.6. The highest BCUT2D eigenvalue weighted by Crippen LogP contribution is 2.35. The van der Waals surface area contributed by atoms with Gasteiger partial charge in [0, 0.05) is 13.1 Å². The number of amides is 1. The van der Waals surface area contributed by atoms with Crippen LogP contribution >= 0.6 is 0 Å². The third-order valence-corrected chi connectivity index (χ3v) is 5.23. The topological polar surface area (TPSA) is 55.1 Å². The number of nitrogens with two attached hydrogens (primary N) is 1. The van der Waals surface area contributed by atoms with E-state index in [0.29, 0.717) is 6.54 Å². The van der Waals surface area contributed by atoms with Crippen LogP contribution in [0.25, 0.3) is 0 Å². The molecular weight excluding hydrogens is 236 g/mol. The van der Waals surface area contributed by atoms with Crippen molar-refractivity contribution in [2.24, 2.45) is 17.1 Å². The van der Waals surface area contributed by atoms with Crippen LogP contribution in [-0.2, 0) is 4.79 Å². The molecule has 0 aromatic rings. The second-order valence-electron chi connectivity index (χ2n) is 6.59. The zero-order chi connectivity index (χ0) is 13.6. The third-order valence-electron chi connectivity index (χ3n) is 5.23. The molecule has 0 heterocycles. The number of rotatable bonds is 6. The van der Waals surface area contributed by atoms with E-state index < -0.39 is 0 Å². The Bertz CT molecular complexity index is 278. The maximum Gasteiger partial charge on any atom is 0.227 e. The van der Waals surface area contributed by atoms with Gasteiger partial charge in [0.05, 0.1) is 5.41 Å². The number of hydrogen-bond donors (Lipinski definition) is 2. The smallest absolute Gasteiger partial charge is 0.227 e. The summed E-state index contributed by atoms with van der Waals surface area (Å²) in [5.41, 5.74) is 5.64. The van der Waals surface area contributed by atoms with Gasteiger partial charge in [0.15, 0.2) is 0 Å². The fourth-order valence-electron chi connectivity index (χ4n) is 3.83. The molecule has 3 N–H and O–H groups in total. The van der Waals surface area contributed by atoms with Crippen LogP contribution in [0.15, 0.2) is 0 Å². The van der Waals surface area contributed by atoms with E-state index >= 15 is 0 Å². The van der Waals surface area contributed by atoms with Crippen LogP contribution in [0.5, 0.6) is 0 Å². The summed E-state index contributed by atoms with van der Waals surface area (Å²) in [6.45, 7) is 1.36. The van der Waals surface area contributed by atoms with Crippen LogP contribution in [0, 0.1) is 11.3 Å². The summed E-state index contributed by atoms with van der Waals surface area (Å²) in [6, 6.07) is 0. The fourth-order valence-corrected chi connectivity index (χ4v) is 3.83. The molecule has 0 saturated heterocycles. The number of carbonyl (C=O) groups is 1. The molecule has 0 aromatic carbocycles. The fraction of sp³-hybridized carbons (Fsp3) is 0.938. The Morgan fingerprint density at radius 2 is 1.79 bits per heavy atom. The zero-order valence-electron chi connectivity index (χ0n) is 12.3. The van der Waals surface area contributed by atoms with Crippen LogP contribution in [0.1, 0.15) is 70.6 Å². The lowest BCUT2D eigenvalue weighted by Crippen LogP contribution is -2.47. The van der Waals surface area contributed by atoms with Gasteiger partial charge in [-0.3, -0.25) is 4.79 Å². The molecule has 2 rings (SSSR count). The average Bonchev–Trinajstić information content (AvgIpc) is 2.97. The minimum atomic E-state index is -0.244. The van der Waals surface area contributed by atoms with Gasteiger partial charge in [-0.2, -0.15) is 0 Å². The van der Waals surface area contributed by atoms with Crippen LogP contribution in [0.3, 0.4) is 0 Å². The number of hydrogen-bond acceptors (Lipinski definition) is 2. The van der Waals surface area contributed by atoms with Crippen molar-refractivity contribution in [2.75, 3.05) is 13.1 Å². The highest BCUT2D eigenvalue weighted by atomic mass is 16.2. The van der Waals surface area contributed by atoms with Crippen molar-refractivity contribution in [3.8, 4) is 0 Å². The molecular formula is C16H30N2O. The molecule has 1 amide bonds. The maximum atomic E-state index is 12.4. The second-order valence-corrected chi connectivity index (χ2v) is 6.59. The summed E-state index contributed by atoms with van der Waals surface area (Å²) < 4.78 is 0. The third kappa shape index (κ3) is 3.95. The van der Waals surface area contributed by atoms with Gasteiger partial charge in [-0.05, 0) is 31.6 Å². The van der Waals surface area contributed by atoms with Gasteiger partial charge in [-0.25, -0.2) is 0 Å². The standard InChI is InChI=1S/C16H30N2O/c17-13-16(10-4-1-5-11-16)15(19)18-12-6-9-14-7-2-3-8-14/h14H,1-13,17H2,(H,18,19). The molecule has 0 aromatic heterocycles. The lowest BCUT2D eigenvalue weighted by molar-refractivity contribution is -0.132. The maximum absolute atomic E-state index is 12.4. The Labute approximate surface area is 117 Å². The van der Waals surface area contributed by atoms with E-state index in [-0.39, 0.29) is 11.3 Å². The molecule has 19 heavy (non-hydrogen) atoms. The molecule has 2 saturated carbocycles. The monoisotopic (exact) mass is 266 g/mol. The van der Waals surface area contributed by atoms with Gasteiger partial charge in [0.25, 0.3) is 0 Å². The van der Waals surface area contributed by atoms with Crippen LogP contribution < -0.4 is 11.1 Å². The molecule has 0 bridgehead atoms. The Hall–Kier alpha value is -0.570. The molecule has 2 aliphatic carbocycles. The summed E-state index contributed by atoms with van der Waals surface area (Å²) in [4.78, 5) is 12.4. The predicted octanol–water partition coefficient (Wildman–Crippen LogP) is 2.98. The molecule has 2 aliphatic rings. The van der Waals surface area contributed by atoms with Crippen molar-refractivity contribution in [2.45, 2.75) is 70.6 Å². The summed E-state index contributed by atoms with van der Waals surface area (Å²) >= 11 is 0. The molecule has 110 valence electrons. The Morgan fingerprint density at radius 3 is 2.42 bits per heavy atom. The van der Waals surface area contributed by atoms with E-state index in [4.69, 9.17) is 5.73 Å². The average molecular weight is 266 g/mol. The lowest BCUT2D eigenvalue weighted by atomic mass is 9.73. The highest BCUT2D eigenvalue weighted by molar-refractivity contribution is 5.82. The molecule has 0 unspecified atom stereocenters. The van der Waals surface area contributed by atoms with E-state index in [2.05, 4.69) is 5.32 Å². The first-order chi connectivity index (χ1) is 9.27. The van der Waals surface area contributed by atoms with Crippen LogP contribution in [0.2, 0.25) is 0 Å². The van der Waals surface area contributed by atoms with Crippen molar-refractivity contribution >= 4 is 5.91 Å². The minimum Gasteiger partial charge on any atom is -0.356 e. The zero-order valence-corrected chi connectivity index (χ0v) is 12.3. The Morgan fingerprint density at radius 1 is 1.11 bits per heavy atom. The van der Waals surface area contributed by atoms with Gasteiger partial charge < -0.3 is 11.1 Å². The first-order valence-electron chi connectivity index (χ1n) is 8.25. The Kier molecular flexibility index (Phi) is 5.68. The van der Waals surface area contributed by atoms with Gasteiger partial charge in [0.1, 0.15) is 0 Å². The summed E-state index contributed by atoms with van der Waals surface area (Å²) in [7, 11) is 0. The van der Waals surface area contributed by atoms with E-state index in [1.165, 1.54) is 38.5 Å². The molecule has 0 atom stereocenters. The van der Waals surface area contributed by atoms with Crippen molar-refractivity contribution in [1.82, 2.24) is 5.32 Å². The van der Waals surface area contributed by atoms with Crippen LogP contribution in [0.4, 0.5) is 0 Å². The molecule has 3 nitrogen and oxygen atoms in total. The van der Waals surface area contributed by atoms with E-state index in [9.17, 15) is 4.79 Å². The SMILES string of the molecule is NCC1(C(=O)NCCCC2CCCC2)CCCCC1. The molecule has 2 fully saturated rings. The van der Waals surface area contributed by atoms with E-state index in [1.54, 1.807) is 0 Å². The van der Waals surface area contributed by atoms with Gasteiger partial charge >= 0.3 is 0 Å². The quantitative estimate of drug-likeness (QED) is 0.726. The number of nitrogens with one attached hydrogen (secondary N) is 1. The van der Waals surface area contributed by atoms with Crippen molar-refractivity contribution < 1.29 is 4.79 Å². The van der Waals surface area contributed by atoms with Gasteiger partial charge in [0.2, 0.25) is 5.91 Å². The van der Waals surface area contributed by atoms with Gasteiger partial charge in [-0.15, -0.1) is 0 Å². The Balaban J connectivity index is 1.67. The normalized spacial score (nSPS) is 23.4. The predicted molar refractivity (Wildman–Crippen MR) is 78.8 cm³/mol. The summed E-state index contributed by atoms with van der Waals surface area (Å²) in [5.74, 6) is 1.15. The molecule has 3 heteroatoms. The lowest BCUT2D eigenvalue weighted by Gasteiger charge is -2.34. The largest absolute Gasteiger partial charge is 0.356 e. The molecule has 0 spiro atoms. The van der Waals surface area contributed by atoms with Crippen molar-refractivity contribution in [3.05, 3.63) is 0 Å². The van der Waals surface area contributed by atoms with Crippen molar-refractivity contribution in [1.29, 1.82) is 0 Å². The highest BCUT2D eigenvalue weighted by Gasteiger charge is 2.37. The summed E-state index contributed by atoms with van der Waals surface area (Å²) in [5, 5.41) is 3.15. The van der Waals surface area contributed by atoms with Gasteiger partial charge in [-0.1, -0.05) is 44.9 Å². The molecule has 0 aliphatic heterocycles. The second kappa shape index (κ2) is 7.28. The van der Waals surface area contributed by atoms with E-state index in [1.807, 2.05) is 0 Å². The minimum absolute atomic E-state index is 0.223. The van der Waals surface area contributed by atoms with E-state index in [0.717, 1.165) is 44.6 Å². The number of carbonyl (C=O) groups excluding carboxylic acids is 1. The first kappa shape index (κ1) is 14.8. The van der Waals surface area contributed by atoms with Crippen molar-refractivity contribution in [3.63, 3.8) is 0 Å². The molecule has 0 radical (unpaired) electrons. The first-order valence-corrected chi connectivity index (χ1v) is 8.25. The van der Waals surface area contributed by atoms with Crippen LogP contribution in [-0.4, -0.2) is 19.0 Å².